The molecule has 22 heavy (non-hydrogen) atoms. The van der Waals surface area contributed by atoms with Crippen LogP contribution in [0.25, 0.3) is 0 Å². The van der Waals surface area contributed by atoms with E-state index in [-0.39, 0.29) is 24.0 Å². The fraction of sp³-hybridized carbons (Fsp3) is 0.312. The summed E-state index contributed by atoms with van der Waals surface area (Å²) in [5.41, 5.74) is 2.49. The van der Waals surface area contributed by atoms with E-state index in [4.69, 9.17) is 0 Å². The van der Waals surface area contributed by atoms with Gasteiger partial charge in [0.2, 0.25) is 5.91 Å². The highest BCUT2D eigenvalue weighted by atomic mass is 32.2. The molecule has 1 aliphatic heterocycles. The Labute approximate surface area is 133 Å². The van der Waals surface area contributed by atoms with E-state index in [2.05, 4.69) is 16.1 Å². The number of methoxy groups -OCH3 is 1. The average Bonchev–Trinajstić information content (AvgIpc) is 2.52. The van der Waals surface area contributed by atoms with Gasteiger partial charge in [0.1, 0.15) is 0 Å². The van der Waals surface area contributed by atoms with Crippen molar-refractivity contribution in [2.75, 3.05) is 12.9 Å². The second-order valence-electron chi connectivity index (χ2n) is 4.88. The standard InChI is InChI=1S/C16H16N2O3S/c1-10-5-3-4-6-11(10)12-7-14(19)18-16(13(12)8-17)22-9-15(20)21-2/h3-6,12H,7,9H2,1-2H3,(H,18,19)/t12-/m0/s1. The molecule has 0 spiro atoms. The lowest BCUT2D eigenvalue weighted by Gasteiger charge is -2.26. The number of thioether (sulfide) groups is 1. The Morgan fingerprint density at radius 2 is 2.23 bits per heavy atom. The third kappa shape index (κ3) is 3.49. The summed E-state index contributed by atoms with van der Waals surface area (Å²) in [6.07, 6.45) is 0.232. The lowest BCUT2D eigenvalue weighted by Crippen LogP contribution is -2.31. The van der Waals surface area contributed by atoms with Crippen molar-refractivity contribution in [3.05, 3.63) is 46.0 Å². The van der Waals surface area contributed by atoms with Crippen molar-refractivity contribution in [2.45, 2.75) is 19.3 Å². The molecule has 114 valence electrons. The number of hydrogen-bond acceptors (Lipinski definition) is 5. The summed E-state index contributed by atoms with van der Waals surface area (Å²) < 4.78 is 4.59. The molecule has 1 aliphatic rings. The van der Waals surface area contributed by atoms with Gasteiger partial charge in [-0.3, -0.25) is 9.59 Å². The molecule has 0 aliphatic carbocycles. The number of benzene rings is 1. The molecule has 0 bridgehead atoms. The minimum absolute atomic E-state index is 0.0534. The molecule has 0 fully saturated rings. The summed E-state index contributed by atoms with van der Waals surface area (Å²) in [5, 5.41) is 12.6. The first kappa shape index (κ1) is 16.1. The summed E-state index contributed by atoms with van der Waals surface area (Å²) in [6.45, 7) is 1.96. The largest absolute Gasteiger partial charge is 0.468 e. The highest BCUT2D eigenvalue weighted by molar-refractivity contribution is 8.03. The Morgan fingerprint density at radius 1 is 1.50 bits per heavy atom. The first-order valence-electron chi connectivity index (χ1n) is 6.76. The van der Waals surface area contributed by atoms with E-state index in [1.54, 1.807) is 0 Å². The van der Waals surface area contributed by atoms with Crippen LogP contribution in [-0.4, -0.2) is 24.7 Å². The van der Waals surface area contributed by atoms with E-state index in [9.17, 15) is 14.9 Å². The van der Waals surface area contributed by atoms with Crippen LogP contribution in [-0.2, 0) is 14.3 Å². The first-order chi connectivity index (χ1) is 10.6. The van der Waals surface area contributed by atoms with Crippen LogP contribution in [0, 0.1) is 18.3 Å². The summed E-state index contributed by atoms with van der Waals surface area (Å²) in [7, 11) is 1.30. The molecule has 1 amide bonds. The maximum atomic E-state index is 12.0. The second-order valence-corrected chi connectivity index (χ2v) is 5.87. The number of nitrogens with zero attached hydrogens (tertiary/aromatic N) is 1. The fourth-order valence-electron chi connectivity index (χ4n) is 2.37. The number of rotatable bonds is 4. The molecular formula is C16H16N2O3S. The number of hydrogen-bond donors (Lipinski definition) is 1. The third-order valence-corrected chi connectivity index (χ3v) is 4.47. The molecule has 0 saturated heterocycles. The molecule has 1 atom stereocenters. The number of nitriles is 1. The predicted octanol–water partition coefficient (Wildman–Crippen LogP) is 2.24. The van der Waals surface area contributed by atoms with Gasteiger partial charge >= 0.3 is 5.97 Å². The lowest BCUT2D eigenvalue weighted by molar-refractivity contribution is -0.137. The highest BCUT2D eigenvalue weighted by Crippen LogP contribution is 2.37. The van der Waals surface area contributed by atoms with Crippen molar-refractivity contribution < 1.29 is 14.3 Å². The molecule has 0 aromatic heterocycles. The summed E-state index contributed by atoms with van der Waals surface area (Å²) in [6, 6.07) is 9.88. The smallest absolute Gasteiger partial charge is 0.316 e. The van der Waals surface area contributed by atoms with E-state index in [1.807, 2.05) is 31.2 Å². The number of esters is 1. The van der Waals surface area contributed by atoms with Crippen molar-refractivity contribution in [1.82, 2.24) is 5.32 Å². The van der Waals surface area contributed by atoms with E-state index in [1.165, 1.54) is 7.11 Å². The van der Waals surface area contributed by atoms with E-state index < -0.39 is 5.97 Å². The Bertz CT molecular complexity index is 676. The Hall–Kier alpha value is -2.26. The van der Waals surface area contributed by atoms with Gasteiger partial charge in [-0.1, -0.05) is 36.0 Å². The normalized spacial score (nSPS) is 17.7. The zero-order chi connectivity index (χ0) is 16.1. The Kier molecular flexibility index (Phi) is 5.23. The molecule has 1 N–H and O–H groups in total. The van der Waals surface area contributed by atoms with Gasteiger partial charge in [-0.15, -0.1) is 0 Å². The number of aryl methyl sites for hydroxylation is 1. The molecule has 0 radical (unpaired) electrons. The van der Waals surface area contributed by atoms with Gasteiger partial charge in [0.25, 0.3) is 0 Å². The third-order valence-electron chi connectivity index (χ3n) is 3.48. The zero-order valence-electron chi connectivity index (χ0n) is 12.4. The monoisotopic (exact) mass is 316 g/mol. The molecule has 0 unspecified atom stereocenters. The highest BCUT2D eigenvalue weighted by Gasteiger charge is 2.30. The average molecular weight is 316 g/mol. The van der Waals surface area contributed by atoms with Crippen molar-refractivity contribution >= 4 is 23.6 Å². The molecule has 6 heteroatoms. The SMILES string of the molecule is COC(=O)CSC1=C(C#N)[C@H](c2ccccc2C)CC(=O)N1. The van der Waals surface area contributed by atoms with Crippen LogP contribution in [0.2, 0.25) is 0 Å². The summed E-state index contributed by atoms with van der Waals surface area (Å²) in [4.78, 5) is 23.2. The fourth-order valence-corrected chi connectivity index (χ4v) is 3.28. The molecule has 1 aromatic rings. The quantitative estimate of drug-likeness (QED) is 0.862. The number of allylic oxidation sites excluding steroid dienone is 1. The second kappa shape index (κ2) is 7.14. The van der Waals surface area contributed by atoms with Gasteiger partial charge in [0.15, 0.2) is 0 Å². The number of carbonyl (C=O) groups excluding carboxylic acids is 2. The molecule has 1 heterocycles. The zero-order valence-corrected chi connectivity index (χ0v) is 13.2. The Morgan fingerprint density at radius 3 is 2.86 bits per heavy atom. The van der Waals surface area contributed by atoms with Crippen LogP contribution in [0.1, 0.15) is 23.5 Å². The van der Waals surface area contributed by atoms with Crippen LogP contribution in [0.4, 0.5) is 0 Å². The summed E-state index contributed by atoms with van der Waals surface area (Å²) >= 11 is 1.12. The van der Waals surface area contributed by atoms with Gasteiger partial charge in [0.05, 0.1) is 29.5 Å². The van der Waals surface area contributed by atoms with Gasteiger partial charge in [-0.2, -0.15) is 5.26 Å². The number of carbonyl (C=O) groups is 2. The van der Waals surface area contributed by atoms with Crippen LogP contribution in [0.5, 0.6) is 0 Å². The van der Waals surface area contributed by atoms with Crippen LogP contribution in [0.3, 0.4) is 0 Å². The van der Waals surface area contributed by atoms with Gasteiger partial charge in [-0.05, 0) is 18.1 Å². The molecule has 2 rings (SSSR count). The van der Waals surface area contributed by atoms with E-state index in [0.29, 0.717) is 10.6 Å². The molecule has 5 nitrogen and oxygen atoms in total. The lowest BCUT2D eigenvalue weighted by atomic mass is 9.85. The van der Waals surface area contributed by atoms with E-state index >= 15 is 0 Å². The van der Waals surface area contributed by atoms with Crippen LogP contribution >= 0.6 is 11.8 Å². The van der Waals surface area contributed by atoms with Crippen molar-refractivity contribution in [3.8, 4) is 6.07 Å². The molecule has 0 saturated carbocycles. The van der Waals surface area contributed by atoms with Crippen molar-refractivity contribution in [3.63, 3.8) is 0 Å². The van der Waals surface area contributed by atoms with E-state index in [0.717, 1.165) is 22.9 Å². The summed E-state index contributed by atoms with van der Waals surface area (Å²) in [5.74, 6) is -0.778. The van der Waals surface area contributed by atoms with Gasteiger partial charge < -0.3 is 10.1 Å². The predicted molar refractivity (Wildman–Crippen MR) is 83.8 cm³/mol. The maximum Gasteiger partial charge on any atom is 0.316 e. The minimum atomic E-state index is -0.401. The topological polar surface area (TPSA) is 79.2 Å². The number of amides is 1. The maximum absolute atomic E-state index is 12.0. The number of ether oxygens (including phenoxy) is 1. The van der Waals surface area contributed by atoms with Gasteiger partial charge in [-0.25, -0.2) is 0 Å². The van der Waals surface area contributed by atoms with Gasteiger partial charge in [0, 0.05) is 12.3 Å². The molecular weight excluding hydrogens is 300 g/mol. The minimum Gasteiger partial charge on any atom is -0.468 e. The van der Waals surface area contributed by atoms with Crippen molar-refractivity contribution in [2.24, 2.45) is 0 Å². The number of nitrogens with one attached hydrogen (secondary N) is 1. The first-order valence-corrected chi connectivity index (χ1v) is 7.74. The van der Waals surface area contributed by atoms with Crippen LogP contribution < -0.4 is 5.32 Å². The molecule has 1 aromatic carbocycles. The van der Waals surface area contributed by atoms with Crippen molar-refractivity contribution in [1.29, 1.82) is 5.26 Å². The Balaban J connectivity index is 2.37. The van der Waals surface area contributed by atoms with Crippen LogP contribution in [0.15, 0.2) is 34.9 Å².